The van der Waals surface area contributed by atoms with Crippen molar-refractivity contribution in [1.82, 2.24) is 9.55 Å². The quantitative estimate of drug-likeness (QED) is 0.650. The van der Waals surface area contributed by atoms with Gasteiger partial charge >= 0.3 is 12.1 Å². The Morgan fingerprint density at radius 1 is 1.30 bits per heavy atom. The van der Waals surface area contributed by atoms with Crippen molar-refractivity contribution in [2.24, 2.45) is 18.7 Å². The van der Waals surface area contributed by atoms with Crippen LogP contribution in [0.25, 0.3) is 5.76 Å². The summed E-state index contributed by atoms with van der Waals surface area (Å²) in [4.78, 5) is 28.2. The number of carbonyl (C=O) groups is 2. The van der Waals surface area contributed by atoms with Crippen molar-refractivity contribution in [3.63, 3.8) is 0 Å². The van der Waals surface area contributed by atoms with Gasteiger partial charge in [-0.1, -0.05) is 30.3 Å². The first kappa shape index (κ1) is 17.3. The van der Waals surface area contributed by atoms with E-state index in [4.69, 9.17) is 15.2 Å². The first-order chi connectivity index (χ1) is 13.0. The molecule has 7 nitrogen and oxygen atoms in total. The molecule has 2 heterocycles. The van der Waals surface area contributed by atoms with E-state index in [9.17, 15) is 9.59 Å². The van der Waals surface area contributed by atoms with E-state index in [1.165, 1.54) is 0 Å². The fourth-order valence-electron chi connectivity index (χ4n) is 3.90. The number of amides is 1. The molecule has 4 rings (SSSR count). The molecule has 0 spiro atoms. The van der Waals surface area contributed by atoms with Crippen molar-refractivity contribution >= 4 is 17.8 Å². The molecule has 140 valence electrons. The molecule has 2 unspecified atom stereocenters. The number of imidazole rings is 1. The molecule has 2 N–H and O–H groups in total. The second-order valence-corrected chi connectivity index (χ2v) is 6.92. The van der Waals surface area contributed by atoms with Gasteiger partial charge in [0, 0.05) is 19.2 Å². The highest BCUT2D eigenvalue weighted by atomic mass is 16.6. The first-order valence-electron chi connectivity index (χ1n) is 8.94. The standard InChI is InChI=1S/C20H21N3O4/c1-11-22-17-15(23(11)2)10-14(19(24)27-20(21)25)13-8-9-16(26-18(13)17)12-6-4-3-5-7-12/h3-7,14,16H,8-10H2,1-2H3,(H2,21,25). The number of primary amides is 1. The maximum atomic E-state index is 12.5. The summed E-state index contributed by atoms with van der Waals surface area (Å²) >= 11 is 0. The number of aryl methyl sites for hydroxylation is 1. The summed E-state index contributed by atoms with van der Waals surface area (Å²) in [6, 6.07) is 9.98. The third-order valence-corrected chi connectivity index (χ3v) is 5.36. The van der Waals surface area contributed by atoms with Crippen molar-refractivity contribution < 1.29 is 19.1 Å². The molecule has 2 aromatic rings. The SMILES string of the molecule is Cc1nc2c(n1C)CC(C(=O)OC(N)=O)C1=C2OC(c2ccccc2)CC1. The molecule has 0 saturated heterocycles. The summed E-state index contributed by atoms with van der Waals surface area (Å²) in [5, 5.41) is 0. The molecule has 1 aromatic heterocycles. The van der Waals surface area contributed by atoms with Gasteiger partial charge in [-0.05, 0) is 30.9 Å². The molecule has 7 heteroatoms. The van der Waals surface area contributed by atoms with Gasteiger partial charge in [-0.25, -0.2) is 9.78 Å². The van der Waals surface area contributed by atoms with Gasteiger partial charge in [0.2, 0.25) is 0 Å². The molecular weight excluding hydrogens is 346 g/mol. The van der Waals surface area contributed by atoms with Gasteiger partial charge in [-0.2, -0.15) is 0 Å². The summed E-state index contributed by atoms with van der Waals surface area (Å²) in [6.45, 7) is 1.91. The lowest BCUT2D eigenvalue weighted by atomic mass is 9.81. The Balaban J connectivity index is 1.76. The second kappa shape index (κ2) is 6.57. The Kier molecular flexibility index (Phi) is 4.22. The number of esters is 1. The van der Waals surface area contributed by atoms with E-state index in [2.05, 4.69) is 4.98 Å². The van der Waals surface area contributed by atoms with Crippen LogP contribution >= 0.6 is 0 Å². The minimum absolute atomic E-state index is 0.106. The van der Waals surface area contributed by atoms with Crippen molar-refractivity contribution in [1.29, 1.82) is 0 Å². The van der Waals surface area contributed by atoms with Crippen molar-refractivity contribution in [2.75, 3.05) is 0 Å². The lowest BCUT2D eigenvalue weighted by molar-refractivity contribution is -0.140. The Labute approximate surface area is 156 Å². The Morgan fingerprint density at radius 2 is 2.04 bits per heavy atom. The number of aromatic nitrogens is 2. The molecule has 0 bridgehead atoms. The molecule has 2 aliphatic rings. The van der Waals surface area contributed by atoms with E-state index in [-0.39, 0.29) is 6.10 Å². The van der Waals surface area contributed by atoms with E-state index >= 15 is 0 Å². The highest BCUT2D eigenvalue weighted by Gasteiger charge is 2.40. The second-order valence-electron chi connectivity index (χ2n) is 6.92. The van der Waals surface area contributed by atoms with Crippen LogP contribution in [-0.2, 0) is 27.7 Å². The number of rotatable bonds is 2. The zero-order chi connectivity index (χ0) is 19.1. The predicted octanol–water partition coefficient (Wildman–Crippen LogP) is 2.79. The summed E-state index contributed by atoms with van der Waals surface area (Å²) in [5.74, 6) is 0.237. The smallest absolute Gasteiger partial charge is 0.412 e. The zero-order valence-corrected chi connectivity index (χ0v) is 15.3. The third-order valence-electron chi connectivity index (χ3n) is 5.36. The molecule has 2 atom stereocenters. The number of benzene rings is 1. The van der Waals surface area contributed by atoms with E-state index in [1.54, 1.807) is 0 Å². The molecule has 1 aromatic carbocycles. The van der Waals surface area contributed by atoms with Gasteiger partial charge in [-0.3, -0.25) is 4.79 Å². The fourth-order valence-corrected chi connectivity index (χ4v) is 3.90. The number of hydrogen-bond donors (Lipinski definition) is 1. The molecule has 0 fully saturated rings. The monoisotopic (exact) mass is 367 g/mol. The summed E-state index contributed by atoms with van der Waals surface area (Å²) in [7, 11) is 1.90. The van der Waals surface area contributed by atoms with Crippen LogP contribution in [0.4, 0.5) is 4.79 Å². The average Bonchev–Trinajstić information content (AvgIpc) is 2.95. The average molecular weight is 367 g/mol. The number of carbonyl (C=O) groups excluding carboxylic acids is 2. The van der Waals surface area contributed by atoms with Crippen LogP contribution in [0.3, 0.4) is 0 Å². The lowest BCUT2D eigenvalue weighted by Crippen LogP contribution is -2.32. The normalized spacial score (nSPS) is 21.1. The van der Waals surface area contributed by atoms with E-state index in [1.807, 2.05) is 48.9 Å². The minimum atomic E-state index is -1.09. The number of nitrogens with two attached hydrogens (primary N) is 1. The van der Waals surface area contributed by atoms with Gasteiger partial charge in [0.15, 0.2) is 0 Å². The van der Waals surface area contributed by atoms with Crippen LogP contribution in [0, 0.1) is 12.8 Å². The molecule has 1 amide bonds. The van der Waals surface area contributed by atoms with Crippen molar-refractivity contribution in [2.45, 2.75) is 32.3 Å². The Morgan fingerprint density at radius 3 is 2.74 bits per heavy atom. The van der Waals surface area contributed by atoms with E-state index in [0.29, 0.717) is 18.6 Å². The fraction of sp³-hybridized carbons (Fsp3) is 0.350. The maximum absolute atomic E-state index is 12.5. The van der Waals surface area contributed by atoms with Crippen LogP contribution in [0.5, 0.6) is 0 Å². The maximum Gasteiger partial charge on any atom is 0.412 e. The number of fused-ring (bicyclic) bond motifs is 2. The van der Waals surface area contributed by atoms with Gasteiger partial charge in [0.25, 0.3) is 0 Å². The largest absolute Gasteiger partial charge is 0.483 e. The number of ether oxygens (including phenoxy) is 2. The number of nitrogens with zero attached hydrogens (tertiary/aromatic N) is 2. The first-order valence-corrected chi connectivity index (χ1v) is 8.94. The minimum Gasteiger partial charge on any atom is -0.483 e. The Hall–Kier alpha value is -3.09. The molecule has 0 radical (unpaired) electrons. The van der Waals surface area contributed by atoms with E-state index in [0.717, 1.165) is 34.8 Å². The lowest BCUT2D eigenvalue weighted by Gasteiger charge is -2.34. The van der Waals surface area contributed by atoms with Gasteiger partial charge in [0.05, 0.1) is 5.92 Å². The van der Waals surface area contributed by atoms with Gasteiger partial charge in [0.1, 0.15) is 23.4 Å². The van der Waals surface area contributed by atoms with E-state index < -0.39 is 18.0 Å². The predicted molar refractivity (Wildman–Crippen MR) is 97.2 cm³/mol. The van der Waals surface area contributed by atoms with Crippen LogP contribution in [0.2, 0.25) is 0 Å². The highest BCUT2D eigenvalue weighted by molar-refractivity contribution is 5.89. The molecular formula is C20H21N3O4. The summed E-state index contributed by atoms with van der Waals surface area (Å²) < 4.78 is 13.0. The molecule has 0 saturated carbocycles. The van der Waals surface area contributed by atoms with Crippen molar-refractivity contribution in [3.05, 3.63) is 58.7 Å². The van der Waals surface area contributed by atoms with Crippen LogP contribution in [0.1, 0.15) is 41.7 Å². The van der Waals surface area contributed by atoms with Crippen molar-refractivity contribution in [3.8, 4) is 0 Å². The number of hydrogen-bond acceptors (Lipinski definition) is 5. The Bertz CT molecular complexity index is 946. The van der Waals surface area contributed by atoms with Crippen LogP contribution in [0.15, 0.2) is 35.9 Å². The topological polar surface area (TPSA) is 96.4 Å². The van der Waals surface area contributed by atoms with Crippen LogP contribution < -0.4 is 5.73 Å². The summed E-state index contributed by atoms with van der Waals surface area (Å²) in [5.41, 5.74) is 8.63. The molecule has 1 aliphatic heterocycles. The highest BCUT2D eigenvalue weighted by Crippen LogP contribution is 2.45. The molecule has 27 heavy (non-hydrogen) atoms. The zero-order valence-electron chi connectivity index (χ0n) is 15.3. The third kappa shape index (κ3) is 2.99. The van der Waals surface area contributed by atoms with Crippen LogP contribution in [-0.4, -0.2) is 21.6 Å². The van der Waals surface area contributed by atoms with Gasteiger partial charge < -0.3 is 19.8 Å². The van der Waals surface area contributed by atoms with Gasteiger partial charge in [-0.15, -0.1) is 0 Å². The summed E-state index contributed by atoms with van der Waals surface area (Å²) in [6.07, 6.45) is 0.628. The molecule has 1 aliphatic carbocycles.